The minimum atomic E-state index is -0.170. The molecule has 0 radical (unpaired) electrons. The summed E-state index contributed by atoms with van der Waals surface area (Å²) < 4.78 is 1.70. The summed E-state index contributed by atoms with van der Waals surface area (Å²) in [4.78, 5) is 37.1. The SMILES string of the molecule is Cl.Cn1ccnc1C(=O)c1cc(SCC(=O)Nc2ccc(N3CCCCC3)cc2)nc2ccccc12. The van der Waals surface area contributed by atoms with Gasteiger partial charge in [0.05, 0.1) is 16.3 Å². The molecule has 0 bridgehead atoms. The van der Waals surface area contributed by atoms with Crippen LogP contribution in [0.4, 0.5) is 11.4 Å². The largest absolute Gasteiger partial charge is 0.372 e. The van der Waals surface area contributed by atoms with Crippen LogP contribution in [0.15, 0.2) is 72.0 Å². The standard InChI is InChI=1S/C27H27N5O2S.ClH/c1-31-16-13-28-27(31)26(34)22-17-25(30-23-8-4-3-7-21(22)23)35-18-24(33)29-19-9-11-20(12-10-19)32-14-5-2-6-15-32;/h3-4,7-13,16-17H,2,5-6,14-15,18H2,1H3,(H,29,33);1H. The number of pyridine rings is 1. The first-order chi connectivity index (χ1) is 17.1. The molecule has 0 aliphatic carbocycles. The molecule has 1 saturated heterocycles. The predicted molar refractivity (Wildman–Crippen MR) is 147 cm³/mol. The van der Waals surface area contributed by atoms with E-state index >= 15 is 0 Å². The van der Waals surface area contributed by atoms with Crippen LogP contribution in [-0.2, 0) is 11.8 Å². The molecule has 0 saturated carbocycles. The molecule has 1 aliphatic rings. The fourth-order valence-corrected chi connectivity index (χ4v) is 5.08. The highest BCUT2D eigenvalue weighted by Crippen LogP contribution is 2.26. The van der Waals surface area contributed by atoms with Gasteiger partial charge in [-0.3, -0.25) is 9.59 Å². The maximum Gasteiger partial charge on any atom is 0.234 e. The minimum Gasteiger partial charge on any atom is -0.372 e. The van der Waals surface area contributed by atoms with Crippen molar-refractivity contribution in [2.45, 2.75) is 24.3 Å². The van der Waals surface area contributed by atoms with Gasteiger partial charge >= 0.3 is 0 Å². The number of benzene rings is 2. The molecule has 36 heavy (non-hydrogen) atoms. The van der Waals surface area contributed by atoms with Gasteiger partial charge in [-0.2, -0.15) is 0 Å². The van der Waals surface area contributed by atoms with E-state index < -0.39 is 0 Å². The summed E-state index contributed by atoms with van der Waals surface area (Å²) in [5.74, 6) is 0.266. The lowest BCUT2D eigenvalue weighted by atomic mass is 10.1. The number of amides is 1. The Morgan fingerprint density at radius 2 is 1.78 bits per heavy atom. The predicted octanol–water partition coefficient (Wildman–Crippen LogP) is 5.34. The zero-order valence-electron chi connectivity index (χ0n) is 20.0. The number of aromatic nitrogens is 3. The van der Waals surface area contributed by atoms with Crippen LogP contribution < -0.4 is 10.2 Å². The van der Waals surface area contributed by atoms with Crippen molar-refractivity contribution in [2.75, 3.05) is 29.1 Å². The van der Waals surface area contributed by atoms with Crippen LogP contribution in [0.3, 0.4) is 0 Å². The summed E-state index contributed by atoms with van der Waals surface area (Å²) in [6.45, 7) is 2.18. The number of anilines is 2. The lowest BCUT2D eigenvalue weighted by Gasteiger charge is -2.28. The van der Waals surface area contributed by atoms with Crippen LogP contribution in [0.5, 0.6) is 0 Å². The lowest BCUT2D eigenvalue weighted by Crippen LogP contribution is -2.29. The maximum absolute atomic E-state index is 13.2. The molecule has 1 aliphatic heterocycles. The van der Waals surface area contributed by atoms with Crippen molar-refractivity contribution in [3.8, 4) is 0 Å². The molecule has 1 N–H and O–H groups in total. The highest BCUT2D eigenvalue weighted by atomic mass is 35.5. The van der Waals surface area contributed by atoms with Crippen molar-refractivity contribution in [3.05, 3.63) is 78.4 Å². The van der Waals surface area contributed by atoms with E-state index in [4.69, 9.17) is 0 Å². The Morgan fingerprint density at radius 1 is 1.03 bits per heavy atom. The van der Waals surface area contributed by atoms with Crippen LogP contribution in [0.25, 0.3) is 10.9 Å². The van der Waals surface area contributed by atoms with Gasteiger partial charge < -0.3 is 14.8 Å². The van der Waals surface area contributed by atoms with Gasteiger partial charge in [-0.15, -0.1) is 12.4 Å². The van der Waals surface area contributed by atoms with Crippen LogP contribution in [0, 0.1) is 0 Å². The number of rotatable bonds is 7. The number of nitrogens with one attached hydrogen (secondary N) is 1. The number of ketones is 1. The fourth-order valence-electron chi connectivity index (χ4n) is 4.36. The number of carbonyl (C=O) groups excluding carboxylic acids is 2. The molecule has 1 fully saturated rings. The molecule has 7 nitrogen and oxygen atoms in total. The molecular weight excluding hydrogens is 494 g/mol. The summed E-state index contributed by atoms with van der Waals surface area (Å²) in [6.07, 6.45) is 7.11. The summed E-state index contributed by atoms with van der Waals surface area (Å²) in [5.41, 5.74) is 3.21. The lowest BCUT2D eigenvalue weighted by molar-refractivity contribution is -0.113. The van der Waals surface area contributed by atoms with Gasteiger partial charge in [-0.05, 0) is 55.7 Å². The van der Waals surface area contributed by atoms with Crippen LogP contribution in [0.2, 0.25) is 0 Å². The Kier molecular flexibility index (Phi) is 8.28. The number of para-hydroxylation sites is 1. The van der Waals surface area contributed by atoms with E-state index in [1.165, 1.54) is 36.7 Å². The summed E-state index contributed by atoms with van der Waals surface area (Å²) in [6, 6.07) is 17.3. The molecule has 2 aromatic carbocycles. The van der Waals surface area contributed by atoms with Crippen molar-refractivity contribution in [2.24, 2.45) is 7.05 Å². The normalized spacial score (nSPS) is 13.3. The smallest absolute Gasteiger partial charge is 0.234 e. The van der Waals surface area contributed by atoms with E-state index in [0.29, 0.717) is 21.9 Å². The van der Waals surface area contributed by atoms with Crippen LogP contribution >= 0.6 is 24.2 Å². The molecule has 4 aromatic rings. The van der Waals surface area contributed by atoms with E-state index in [9.17, 15) is 9.59 Å². The number of hydrogen-bond donors (Lipinski definition) is 1. The number of carbonyl (C=O) groups is 2. The van der Waals surface area contributed by atoms with Crippen molar-refractivity contribution in [1.82, 2.24) is 14.5 Å². The molecule has 0 spiro atoms. The highest BCUT2D eigenvalue weighted by molar-refractivity contribution is 7.99. The Labute approximate surface area is 220 Å². The number of piperidine rings is 1. The zero-order chi connectivity index (χ0) is 24.2. The average molecular weight is 522 g/mol. The molecular formula is C27H28ClN5O2S. The van der Waals surface area contributed by atoms with E-state index in [1.54, 1.807) is 30.1 Å². The molecule has 9 heteroatoms. The van der Waals surface area contributed by atoms with E-state index in [2.05, 4.69) is 32.3 Å². The Bertz CT molecular complexity index is 1370. The first kappa shape index (κ1) is 25.7. The van der Waals surface area contributed by atoms with Gasteiger partial charge in [0, 0.05) is 54.9 Å². The highest BCUT2D eigenvalue weighted by Gasteiger charge is 2.19. The van der Waals surface area contributed by atoms with Crippen molar-refractivity contribution in [1.29, 1.82) is 0 Å². The second-order valence-corrected chi connectivity index (χ2v) is 9.64. The minimum absolute atomic E-state index is 0. The first-order valence-corrected chi connectivity index (χ1v) is 12.8. The molecule has 0 atom stereocenters. The Hall–Kier alpha value is -3.36. The molecule has 2 aromatic heterocycles. The third-order valence-corrected chi connectivity index (χ3v) is 7.10. The third-order valence-electron chi connectivity index (χ3n) is 6.18. The van der Waals surface area contributed by atoms with E-state index in [-0.39, 0.29) is 29.9 Å². The molecule has 186 valence electrons. The average Bonchev–Trinajstić information content (AvgIpc) is 3.33. The number of halogens is 1. The summed E-state index contributed by atoms with van der Waals surface area (Å²) in [7, 11) is 1.79. The summed E-state index contributed by atoms with van der Waals surface area (Å²) >= 11 is 1.31. The second kappa shape index (κ2) is 11.6. The summed E-state index contributed by atoms with van der Waals surface area (Å²) in [5, 5.41) is 4.35. The van der Waals surface area contributed by atoms with Gasteiger partial charge in [-0.1, -0.05) is 30.0 Å². The topological polar surface area (TPSA) is 80.1 Å². The Morgan fingerprint density at radius 3 is 2.50 bits per heavy atom. The molecule has 0 unspecified atom stereocenters. The zero-order valence-corrected chi connectivity index (χ0v) is 21.6. The van der Waals surface area contributed by atoms with E-state index in [1.807, 2.05) is 36.4 Å². The van der Waals surface area contributed by atoms with Gasteiger partial charge in [0.2, 0.25) is 11.7 Å². The van der Waals surface area contributed by atoms with Gasteiger partial charge in [0.25, 0.3) is 0 Å². The quantitative estimate of drug-likeness (QED) is 0.261. The van der Waals surface area contributed by atoms with Crippen molar-refractivity contribution in [3.63, 3.8) is 0 Å². The number of aryl methyl sites for hydroxylation is 1. The molecule has 1 amide bonds. The number of imidazole rings is 1. The number of fused-ring (bicyclic) bond motifs is 1. The number of nitrogens with zero attached hydrogens (tertiary/aromatic N) is 4. The number of hydrogen-bond acceptors (Lipinski definition) is 6. The maximum atomic E-state index is 13.2. The van der Waals surface area contributed by atoms with Crippen molar-refractivity contribution < 1.29 is 9.59 Å². The molecule has 3 heterocycles. The van der Waals surface area contributed by atoms with Gasteiger partial charge in [-0.25, -0.2) is 9.97 Å². The second-order valence-electron chi connectivity index (χ2n) is 8.65. The van der Waals surface area contributed by atoms with Gasteiger partial charge in [0.1, 0.15) is 0 Å². The van der Waals surface area contributed by atoms with Crippen LogP contribution in [0.1, 0.15) is 35.4 Å². The van der Waals surface area contributed by atoms with E-state index in [0.717, 1.165) is 24.2 Å². The Balaban J connectivity index is 0.00000304. The number of thioether (sulfide) groups is 1. The fraction of sp³-hybridized carbons (Fsp3) is 0.259. The van der Waals surface area contributed by atoms with Crippen molar-refractivity contribution >= 4 is 58.1 Å². The van der Waals surface area contributed by atoms with Gasteiger partial charge in [0.15, 0.2) is 5.82 Å². The monoisotopic (exact) mass is 521 g/mol. The van der Waals surface area contributed by atoms with Crippen LogP contribution in [-0.4, -0.2) is 45.1 Å². The first-order valence-electron chi connectivity index (χ1n) is 11.8. The molecule has 5 rings (SSSR count). The third kappa shape index (κ3) is 5.71.